The molecule has 3 rings (SSSR count). The van der Waals surface area contributed by atoms with E-state index in [9.17, 15) is 4.79 Å². The van der Waals surface area contributed by atoms with Gasteiger partial charge in [-0.15, -0.1) is 11.8 Å². The summed E-state index contributed by atoms with van der Waals surface area (Å²) in [5, 5.41) is 2.92. The van der Waals surface area contributed by atoms with E-state index in [0.29, 0.717) is 18.1 Å². The smallest absolute Gasteiger partial charge is 0.230 e. The standard InChI is InChI=1S/C17H17N3OS/c21-17(18-10-13-6-2-1-3-7-13)12-22-11-16-19-14-8-4-5-9-15(14)20-16/h1-9H,10-12H2,(H,18,21)(H,19,20). The Hall–Kier alpha value is -2.27. The van der Waals surface area contributed by atoms with Crippen LogP contribution in [0.1, 0.15) is 11.4 Å². The third kappa shape index (κ3) is 3.89. The van der Waals surface area contributed by atoms with Crippen molar-refractivity contribution < 1.29 is 4.79 Å². The second-order valence-electron chi connectivity index (χ2n) is 4.96. The second-order valence-corrected chi connectivity index (χ2v) is 5.94. The van der Waals surface area contributed by atoms with Gasteiger partial charge in [0.25, 0.3) is 0 Å². The number of carbonyl (C=O) groups is 1. The fraction of sp³-hybridized carbons (Fsp3) is 0.176. The highest BCUT2D eigenvalue weighted by molar-refractivity contribution is 7.99. The molecule has 0 aliphatic rings. The molecule has 1 aromatic heterocycles. The number of fused-ring (bicyclic) bond motifs is 1. The minimum Gasteiger partial charge on any atom is -0.351 e. The third-order valence-electron chi connectivity index (χ3n) is 3.24. The van der Waals surface area contributed by atoms with Gasteiger partial charge in [-0.25, -0.2) is 4.98 Å². The summed E-state index contributed by atoms with van der Waals surface area (Å²) < 4.78 is 0. The SMILES string of the molecule is O=C(CSCc1nc2ccccc2[nH]1)NCc1ccccc1. The number of nitrogens with zero attached hydrogens (tertiary/aromatic N) is 1. The van der Waals surface area contributed by atoms with Crippen molar-refractivity contribution in [2.45, 2.75) is 12.3 Å². The van der Waals surface area contributed by atoms with Gasteiger partial charge < -0.3 is 10.3 Å². The average molecular weight is 311 g/mol. The Morgan fingerprint density at radius 3 is 2.68 bits per heavy atom. The van der Waals surface area contributed by atoms with Gasteiger partial charge in [-0.3, -0.25) is 4.79 Å². The summed E-state index contributed by atoms with van der Waals surface area (Å²) in [6, 6.07) is 17.8. The van der Waals surface area contributed by atoms with Crippen LogP contribution in [0, 0.1) is 0 Å². The van der Waals surface area contributed by atoms with Crippen molar-refractivity contribution >= 4 is 28.7 Å². The van der Waals surface area contributed by atoms with Crippen LogP contribution >= 0.6 is 11.8 Å². The Bertz CT molecular complexity index is 722. The number of aromatic nitrogens is 2. The highest BCUT2D eigenvalue weighted by atomic mass is 32.2. The maximum absolute atomic E-state index is 11.8. The third-order valence-corrected chi connectivity index (χ3v) is 4.19. The van der Waals surface area contributed by atoms with Gasteiger partial charge >= 0.3 is 0 Å². The summed E-state index contributed by atoms with van der Waals surface area (Å²) in [5.74, 6) is 2.09. The molecular formula is C17H17N3OS. The van der Waals surface area contributed by atoms with Gasteiger partial charge in [0.15, 0.2) is 0 Å². The predicted molar refractivity (Wildman–Crippen MR) is 90.5 cm³/mol. The van der Waals surface area contributed by atoms with E-state index in [-0.39, 0.29) is 5.91 Å². The first-order valence-corrected chi connectivity index (χ1v) is 8.29. The first kappa shape index (κ1) is 14.7. The van der Waals surface area contributed by atoms with Gasteiger partial charge in [0, 0.05) is 6.54 Å². The van der Waals surface area contributed by atoms with Crippen molar-refractivity contribution in [2.24, 2.45) is 0 Å². The summed E-state index contributed by atoms with van der Waals surface area (Å²) in [5.41, 5.74) is 3.11. The number of rotatable bonds is 6. The second kappa shape index (κ2) is 7.13. The van der Waals surface area contributed by atoms with Crippen LogP contribution in [0.25, 0.3) is 11.0 Å². The summed E-state index contributed by atoms with van der Waals surface area (Å²) in [7, 11) is 0. The number of benzene rings is 2. The molecule has 112 valence electrons. The quantitative estimate of drug-likeness (QED) is 0.735. The largest absolute Gasteiger partial charge is 0.351 e. The molecule has 0 fully saturated rings. The summed E-state index contributed by atoms with van der Waals surface area (Å²) in [6.45, 7) is 0.574. The van der Waals surface area contributed by atoms with Crippen molar-refractivity contribution in [3.63, 3.8) is 0 Å². The van der Waals surface area contributed by atoms with Gasteiger partial charge in [0.2, 0.25) is 5.91 Å². The molecule has 0 atom stereocenters. The Labute approximate surface area is 133 Å². The first-order valence-electron chi connectivity index (χ1n) is 7.13. The van der Waals surface area contributed by atoms with Crippen molar-refractivity contribution in [1.29, 1.82) is 0 Å². The lowest BCUT2D eigenvalue weighted by Crippen LogP contribution is -2.24. The highest BCUT2D eigenvalue weighted by Gasteiger charge is 2.05. The number of carbonyl (C=O) groups excluding carboxylic acids is 1. The van der Waals surface area contributed by atoms with Crippen LogP contribution in [0.15, 0.2) is 54.6 Å². The number of nitrogens with one attached hydrogen (secondary N) is 2. The number of H-pyrrole nitrogens is 1. The number of hydrogen-bond donors (Lipinski definition) is 2. The summed E-state index contributed by atoms with van der Waals surface area (Å²) in [6.07, 6.45) is 0. The molecule has 0 aliphatic carbocycles. The van der Waals surface area contributed by atoms with Gasteiger partial charge in [0.1, 0.15) is 5.82 Å². The van der Waals surface area contributed by atoms with E-state index in [0.717, 1.165) is 22.4 Å². The lowest BCUT2D eigenvalue weighted by molar-refractivity contribution is -0.118. The summed E-state index contributed by atoms with van der Waals surface area (Å²) >= 11 is 1.56. The minimum atomic E-state index is 0.0463. The van der Waals surface area contributed by atoms with E-state index in [1.165, 1.54) is 0 Å². The predicted octanol–water partition coefficient (Wildman–Crippen LogP) is 3.11. The van der Waals surface area contributed by atoms with Crippen LogP contribution in [0.2, 0.25) is 0 Å². The average Bonchev–Trinajstić information content (AvgIpc) is 2.96. The Balaban J connectivity index is 1.43. The molecule has 3 aromatic rings. The van der Waals surface area contributed by atoms with E-state index in [1.807, 2.05) is 54.6 Å². The van der Waals surface area contributed by atoms with Gasteiger partial charge in [-0.2, -0.15) is 0 Å². The lowest BCUT2D eigenvalue weighted by Gasteiger charge is -2.04. The maximum atomic E-state index is 11.8. The zero-order chi connectivity index (χ0) is 15.2. The number of imidazole rings is 1. The van der Waals surface area contributed by atoms with Crippen molar-refractivity contribution in [1.82, 2.24) is 15.3 Å². The zero-order valence-electron chi connectivity index (χ0n) is 12.1. The van der Waals surface area contributed by atoms with Crippen LogP contribution in [0.4, 0.5) is 0 Å². The van der Waals surface area contributed by atoms with Crippen molar-refractivity contribution in [2.75, 3.05) is 5.75 Å². The molecule has 0 aliphatic heterocycles. The number of thioether (sulfide) groups is 1. The topological polar surface area (TPSA) is 57.8 Å². The van der Waals surface area contributed by atoms with Gasteiger partial charge in [0.05, 0.1) is 22.5 Å². The first-order chi connectivity index (χ1) is 10.8. The highest BCUT2D eigenvalue weighted by Crippen LogP contribution is 2.14. The van der Waals surface area contributed by atoms with Crippen LogP contribution in [-0.2, 0) is 17.1 Å². The monoisotopic (exact) mass is 311 g/mol. The number of amides is 1. The zero-order valence-corrected chi connectivity index (χ0v) is 12.9. The fourth-order valence-corrected chi connectivity index (χ4v) is 2.88. The summed E-state index contributed by atoms with van der Waals surface area (Å²) in [4.78, 5) is 19.6. The van der Waals surface area contributed by atoms with Gasteiger partial charge in [-0.05, 0) is 17.7 Å². The van der Waals surface area contributed by atoms with Crippen molar-refractivity contribution in [3.05, 3.63) is 66.0 Å². The van der Waals surface area contributed by atoms with Gasteiger partial charge in [-0.1, -0.05) is 42.5 Å². The maximum Gasteiger partial charge on any atom is 0.230 e. The van der Waals surface area contributed by atoms with Crippen LogP contribution in [-0.4, -0.2) is 21.6 Å². The van der Waals surface area contributed by atoms with E-state index < -0.39 is 0 Å². The molecule has 0 saturated heterocycles. The Morgan fingerprint density at radius 2 is 1.86 bits per heavy atom. The molecule has 0 unspecified atom stereocenters. The molecule has 2 N–H and O–H groups in total. The number of hydrogen-bond acceptors (Lipinski definition) is 3. The Kier molecular flexibility index (Phi) is 4.75. The minimum absolute atomic E-state index is 0.0463. The number of para-hydroxylation sites is 2. The fourth-order valence-electron chi connectivity index (χ4n) is 2.16. The van der Waals surface area contributed by atoms with Crippen LogP contribution in [0.3, 0.4) is 0 Å². The number of aromatic amines is 1. The Morgan fingerprint density at radius 1 is 1.09 bits per heavy atom. The molecule has 5 heteroatoms. The van der Waals surface area contributed by atoms with Crippen molar-refractivity contribution in [3.8, 4) is 0 Å². The molecule has 1 amide bonds. The van der Waals surface area contributed by atoms with E-state index >= 15 is 0 Å². The van der Waals surface area contributed by atoms with Crippen LogP contribution < -0.4 is 5.32 Å². The van der Waals surface area contributed by atoms with Crippen LogP contribution in [0.5, 0.6) is 0 Å². The van der Waals surface area contributed by atoms with E-state index in [4.69, 9.17) is 0 Å². The molecule has 0 bridgehead atoms. The van der Waals surface area contributed by atoms with E-state index in [1.54, 1.807) is 11.8 Å². The molecular weight excluding hydrogens is 294 g/mol. The molecule has 2 aromatic carbocycles. The molecule has 4 nitrogen and oxygen atoms in total. The lowest BCUT2D eigenvalue weighted by atomic mass is 10.2. The molecule has 0 radical (unpaired) electrons. The van der Waals surface area contributed by atoms with E-state index in [2.05, 4.69) is 15.3 Å². The molecule has 1 heterocycles. The normalized spacial score (nSPS) is 10.7. The molecule has 22 heavy (non-hydrogen) atoms. The molecule has 0 saturated carbocycles. The molecule has 0 spiro atoms.